The van der Waals surface area contributed by atoms with Gasteiger partial charge >= 0.3 is 0 Å². The molecule has 0 saturated carbocycles. The molecule has 134 valence electrons. The summed E-state index contributed by atoms with van der Waals surface area (Å²) in [5, 5.41) is 0. The smallest absolute Gasteiger partial charge is 0.205 e. The van der Waals surface area contributed by atoms with E-state index in [1.165, 1.54) is 0 Å². The molecule has 0 aliphatic rings. The van der Waals surface area contributed by atoms with Crippen LogP contribution in [0.15, 0.2) is 0 Å². The standard InChI is InChI=1S/C6HBr13O2S/c7-1(8,3(11,12)5(15,16)17)2(9,10)4(13,14)6(18,19)22(20)21/h22H. The van der Waals surface area contributed by atoms with Crippen molar-refractivity contribution in [2.24, 2.45) is 0 Å². The maximum absolute atomic E-state index is 11.6. The second kappa shape index (κ2) is 9.13. The van der Waals surface area contributed by atoms with Gasteiger partial charge in [0.15, 0.2) is 12.8 Å². The molecule has 0 aromatic carbocycles. The lowest BCUT2D eigenvalue weighted by Crippen LogP contribution is -2.63. The number of thiol groups is 1. The number of alkyl halides is 13. The third kappa shape index (κ3) is 5.08. The molecule has 0 aliphatic heterocycles. The van der Waals surface area contributed by atoms with Crippen molar-refractivity contribution < 1.29 is 8.42 Å². The summed E-state index contributed by atoms with van der Waals surface area (Å²) in [6, 6.07) is 0. The van der Waals surface area contributed by atoms with E-state index in [1.54, 1.807) is 0 Å². The predicted molar refractivity (Wildman–Crippen MR) is 143 cm³/mol. The Balaban J connectivity index is 6.35. The minimum Gasteiger partial charge on any atom is -0.229 e. The summed E-state index contributed by atoms with van der Waals surface area (Å²) in [7, 11) is -2.93. The minimum absolute atomic E-state index is 0.836. The van der Waals surface area contributed by atoms with Gasteiger partial charge < -0.3 is 0 Å². The summed E-state index contributed by atoms with van der Waals surface area (Å²) in [5.74, 6) is 0. The number of hydrogen-bond donors (Lipinski definition) is 1. The van der Waals surface area contributed by atoms with Crippen LogP contribution in [0.25, 0.3) is 0 Å². The number of hydrogen-bond acceptors (Lipinski definition) is 2. The highest BCUT2D eigenvalue weighted by Gasteiger charge is 2.73. The van der Waals surface area contributed by atoms with Gasteiger partial charge in [-0.15, -0.1) is 0 Å². The van der Waals surface area contributed by atoms with Crippen molar-refractivity contribution in [1.82, 2.24) is 0 Å². The average Bonchev–Trinajstić information content (AvgIpc) is 2.25. The molecule has 22 heavy (non-hydrogen) atoms. The SMILES string of the molecule is O=[SH](=O)C(Br)(Br)C(Br)(Br)C(Br)(Br)C(Br)(Br)C(Br)(Br)C(Br)(Br)Br. The van der Waals surface area contributed by atoms with Crippen molar-refractivity contribution in [3.8, 4) is 0 Å². The van der Waals surface area contributed by atoms with Crippen molar-refractivity contribution in [2.45, 2.75) is 17.6 Å². The van der Waals surface area contributed by atoms with Crippen LogP contribution in [0.5, 0.6) is 0 Å². The highest BCUT2D eigenvalue weighted by molar-refractivity contribution is 9.42. The summed E-state index contributed by atoms with van der Waals surface area (Å²) >= 11 is 44.8. The van der Waals surface area contributed by atoms with E-state index in [-0.39, 0.29) is 0 Å². The van der Waals surface area contributed by atoms with Crippen molar-refractivity contribution in [1.29, 1.82) is 0 Å². The van der Waals surface area contributed by atoms with E-state index in [1.807, 2.05) is 0 Å². The van der Waals surface area contributed by atoms with Crippen LogP contribution in [0.3, 0.4) is 0 Å². The lowest BCUT2D eigenvalue weighted by atomic mass is 10.2. The fourth-order valence-electron chi connectivity index (χ4n) is 0.876. The van der Waals surface area contributed by atoms with Gasteiger partial charge in [-0.05, 0) is 0 Å². The number of rotatable bonds is 5. The molecule has 0 unspecified atom stereocenters. The third-order valence-electron chi connectivity index (χ3n) is 2.15. The van der Waals surface area contributed by atoms with Gasteiger partial charge in [0, 0.05) is 0 Å². The topological polar surface area (TPSA) is 34.1 Å². The first-order valence-corrected chi connectivity index (χ1v) is 15.8. The first-order valence-electron chi connectivity index (χ1n) is 4.30. The molecule has 0 aliphatic carbocycles. The van der Waals surface area contributed by atoms with Gasteiger partial charge in [0.25, 0.3) is 0 Å². The van der Waals surface area contributed by atoms with Gasteiger partial charge in [0.1, 0.15) is 12.9 Å². The monoisotopic (exact) mass is 1160 g/mol. The van der Waals surface area contributed by atoms with Crippen LogP contribution in [0.2, 0.25) is 0 Å². The third-order valence-corrected chi connectivity index (χ3v) is 29.5. The van der Waals surface area contributed by atoms with Crippen molar-refractivity contribution >= 4 is 218 Å². The Bertz CT molecular complexity index is 493. The zero-order chi connectivity index (χ0) is 18.6. The van der Waals surface area contributed by atoms with Gasteiger partial charge in [-0.3, -0.25) is 0 Å². The molecule has 16 heteroatoms. The maximum atomic E-state index is 11.6. The summed E-state index contributed by atoms with van der Waals surface area (Å²) in [6.45, 7) is 0. The molecular weight excluding hydrogens is 1170 g/mol. The Morgan fingerprint density at radius 3 is 0.955 bits per heavy atom. The summed E-state index contributed by atoms with van der Waals surface area (Å²) in [6.07, 6.45) is 0. The molecule has 0 radical (unpaired) electrons. The Morgan fingerprint density at radius 2 is 0.727 bits per heavy atom. The van der Waals surface area contributed by atoms with E-state index in [0.717, 1.165) is 0 Å². The van der Waals surface area contributed by atoms with Crippen molar-refractivity contribution in [2.75, 3.05) is 0 Å². The fourth-order valence-corrected chi connectivity index (χ4v) is 12.3. The normalized spacial score (nSPS) is 16.3. The quantitative estimate of drug-likeness (QED) is 0.221. The molecule has 0 fully saturated rings. The van der Waals surface area contributed by atoms with Crippen LogP contribution < -0.4 is 0 Å². The van der Waals surface area contributed by atoms with Crippen LogP contribution in [-0.2, 0) is 10.7 Å². The van der Waals surface area contributed by atoms with Gasteiger partial charge in [0.2, 0.25) is 2.57 Å². The first kappa shape index (κ1) is 28.2. The maximum Gasteiger partial charge on any atom is 0.205 e. The first-order chi connectivity index (χ1) is 9.19. The van der Waals surface area contributed by atoms with E-state index < -0.39 is 28.3 Å². The second-order valence-electron chi connectivity index (χ2n) is 3.59. The van der Waals surface area contributed by atoms with E-state index >= 15 is 0 Å². The van der Waals surface area contributed by atoms with Crippen LogP contribution in [0.4, 0.5) is 0 Å². The highest BCUT2D eigenvalue weighted by atomic mass is 80.0. The number of halogens is 13. The molecule has 2 nitrogen and oxygen atoms in total. The summed E-state index contributed by atoms with van der Waals surface area (Å²) < 4.78 is 16.4. The molecular formula is C6HBr13O2S. The predicted octanol–water partition coefficient (Wildman–Crippen LogP) is 8.82. The van der Waals surface area contributed by atoms with E-state index in [0.29, 0.717) is 0 Å². The molecule has 0 N–H and O–H groups in total. The molecule has 0 saturated heterocycles. The van der Waals surface area contributed by atoms with E-state index in [2.05, 4.69) is 207 Å². The van der Waals surface area contributed by atoms with Gasteiger partial charge in [-0.25, -0.2) is 8.42 Å². The van der Waals surface area contributed by atoms with Crippen molar-refractivity contribution in [3.05, 3.63) is 0 Å². The average molecular weight is 1180 g/mol. The van der Waals surface area contributed by atoms with Crippen LogP contribution >= 0.6 is 207 Å². The molecule has 0 bridgehead atoms. The summed E-state index contributed by atoms with van der Waals surface area (Å²) in [4.78, 5) is 0. The zero-order valence-corrected chi connectivity index (χ0v) is 30.7. The Labute approximate surface area is 238 Å². The molecule has 0 heterocycles. The molecule has 0 rings (SSSR count). The van der Waals surface area contributed by atoms with E-state index in [9.17, 15) is 8.42 Å². The van der Waals surface area contributed by atoms with Crippen LogP contribution in [0, 0.1) is 0 Å². The molecule has 0 aromatic rings. The molecule has 0 amide bonds. The lowest BCUT2D eigenvalue weighted by Gasteiger charge is -2.52. The lowest BCUT2D eigenvalue weighted by molar-refractivity contribution is 0.597. The van der Waals surface area contributed by atoms with Gasteiger partial charge in [-0.1, -0.05) is 207 Å². The van der Waals surface area contributed by atoms with Crippen molar-refractivity contribution in [3.63, 3.8) is 0 Å². The van der Waals surface area contributed by atoms with Gasteiger partial charge in [-0.2, -0.15) is 0 Å². The molecule has 0 atom stereocenters. The zero-order valence-electron chi connectivity index (χ0n) is 9.18. The van der Waals surface area contributed by atoms with Gasteiger partial charge in [0.05, 0.1) is 0 Å². The van der Waals surface area contributed by atoms with E-state index in [4.69, 9.17) is 0 Å². The highest BCUT2D eigenvalue weighted by Crippen LogP contribution is 2.74. The Morgan fingerprint density at radius 1 is 0.455 bits per heavy atom. The second-order valence-corrected chi connectivity index (χ2v) is 30.0. The Hall–Kier alpha value is 6.19. The molecule has 0 spiro atoms. The fraction of sp³-hybridized carbons (Fsp3) is 1.00. The van der Waals surface area contributed by atoms with Crippen LogP contribution in [-0.4, -0.2) is 26.1 Å². The van der Waals surface area contributed by atoms with Crippen LogP contribution in [0.1, 0.15) is 0 Å². The minimum atomic E-state index is -2.93. The molecule has 0 aromatic heterocycles. The summed E-state index contributed by atoms with van der Waals surface area (Å²) in [5.41, 5.74) is 0. The Kier molecular flexibility index (Phi) is 11.7. The largest absolute Gasteiger partial charge is 0.229 e.